The number of carboxylic acids is 1. The maximum Gasteiger partial charge on any atom is 0.323 e. The molecule has 0 amide bonds. The van der Waals surface area contributed by atoms with Gasteiger partial charge in [0.25, 0.3) is 0 Å². The maximum absolute atomic E-state index is 11.5. The summed E-state index contributed by atoms with van der Waals surface area (Å²) in [5.41, 5.74) is 5.61. The second kappa shape index (κ2) is 11.8. The van der Waals surface area contributed by atoms with Crippen molar-refractivity contribution >= 4 is 5.97 Å². The molecular weight excluding hydrogens is 374 g/mol. The zero-order valence-corrected chi connectivity index (χ0v) is 18.7. The van der Waals surface area contributed by atoms with Crippen molar-refractivity contribution in [2.45, 2.75) is 66.3 Å². The Hall–Kier alpha value is -2.15. The predicted molar refractivity (Wildman–Crippen MR) is 113 cm³/mol. The van der Waals surface area contributed by atoms with Gasteiger partial charge in [-0.1, -0.05) is 13.3 Å². The third-order valence-electron chi connectivity index (χ3n) is 4.69. The highest BCUT2D eigenvalue weighted by molar-refractivity contribution is 5.77. The average Bonchev–Trinajstić information content (AvgIpc) is 2.66. The summed E-state index contributed by atoms with van der Waals surface area (Å²) in [5, 5.41) is 9.41. The van der Waals surface area contributed by atoms with Gasteiger partial charge in [0.1, 0.15) is 5.54 Å². The Kier molecular flexibility index (Phi) is 10.1. The summed E-state index contributed by atoms with van der Waals surface area (Å²) in [6, 6.07) is 1.92. The van der Waals surface area contributed by atoms with E-state index < -0.39 is 11.5 Å². The van der Waals surface area contributed by atoms with Gasteiger partial charge in [0, 0.05) is 5.56 Å². The minimum atomic E-state index is -1.29. The van der Waals surface area contributed by atoms with E-state index in [9.17, 15) is 9.90 Å². The van der Waals surface area contributed by atoms with E-state index in [1.807, 2.05) is 40.7 Å². The summed E-state index contributed by atoms with van der Waals surface area (Å²) >= 11 is 0. The smallest absolute Gasteiger partial charge is 0.323 e. The first-order valence-corrected chi connectivity index (χ1v) is 10.5. The van der Waals surface area contributed by atoms with Gasteiger partial charge in [-0.2, -0.15) is 0 Å². The van der Waals surface area contributed by atoms with Crippen LogP contribution in [0.5, 0.6) is 23.0 Å². The minimum absolute atomic E-state index is 0.0576. The molecule has 0 spiro atoms. The SMILES string of the molecule is CCOc1cc(CC(CC)CC(C)(N)C(=O)O)c(OCC)c(OCC)c1OCC. The van der Waals surface area contributed by atoms with Crippen molar-refractivity contribution in [3.05, 3.63) is 11.6 Å². The molecule has 0 saturated heterocycles. The molecule has 1 aromatic rings. The van der Waals surface area contributed by atoms with Crippen LogP contribution in [-0.4, -0.2) is 43.0 Å². The number of carboxylic acid groups (broad SMARTS) is 1. The van der Waals surface area contributed by atoms with Crippen molar-refractivity contribution in [1.29, 1.82) is 0 Å². The lowest BCUT2D eigenvalue weighted by atomic mass is 9.84. The van der Waals surface area contributed by atoms with E-state index >= 15 is 0 Å². The van der Waals surface area contributed by atoms with E-state index in [1.54, 1.807) is 6.92 Å². The summed E-state index contributed by atoms with van der Waals surface area (Å²) in [6.45, 7) is 13.1. The molecule has 3 N–H and O–H groups in total. The Morgan fingerprint density at radius 1 is 0.966 bits per heavy atom. The Labute approximate surface area is 174 Å². The molecule has 0 aromatic heterocycles. The number of carbonyl (C=O) groups is 1. The van der Waals surface area contributed by atoms with Gasteiger partial charge in [0.05, 0.1) is 26.4 Å². The second-order valence-corrected chi connectivity index (χ2v) is 7.16. The number of rotatable bonds is 14. The maximum atomic E-state index is 11.5. The molecule has 1 rings (SSSR count). The summed E-state index contributed by atoms with van der Waals surface area (Å²) < 4.78 is 23.5. The zero-order valence-electron chi connectivity index (χ0n) is 18.7. The molecule has 29 heavy (non-hydrogen) atoms. The molecule has 0 bridgehead atoms. The number of aliphatic carboxylic acids is 1. The molecule has 2 unspecified atom stereocenters. The van der Waals surface area contributed by atoms with E-state index in [0.717, 1.165) is 12.0 Å². The molecule has 0 saturated carbocycles. The number of benzene rings is 1. The van der Waals surface area contributed by atoms with E-state index in [2.05, 4.69) is 0 Å². The molecular formula is C22H37NO6. The van der Waals surface area contributed by atoms with E-state index in [0.29, 0.717) is 62.3 Å². The summed E-state index contributed by atoms with van der Waals surface area (Å²) in [5.74, 6) is 1.33. The van der Waals surface area contributed by atoms with Crippen LogP contribution in [0.1, 0.15) is 59.9 Å². The molecule has 0 aliphatic rings. The first kappa shape index (κ1) is 24.9. The van der Waals surface area contributed by atoms with Crippen LogP contribution in [0, 0.1) is 5.92 Å². The van der Waals surface area contributed by atoms with Crippen LogP contribution in [0.15, 0.2) is 6.07 Å². The number of hydrogen-bond donors (Lipinski definition) is 2. The van der Waals surface area contributed by atoms with Crippen molar-refractivity contribution in [1.82, 2.24) is 0 Å². The average molecular weight is 412 g/mol. The zero-order chi connectivity index (χ0) is 22.0. The van der Waals surface area contributed by atoms with Gasteiger partial charge in [-0.3, -0.25) is 4.79 Å². The molecule has 0 aliphatic carbocycles. The van der Waals surface area contributed by atoms with Crippen molar-refractivity contribution < 1.29 is 28.8 Å². The van der Waals surface area contributed by atoms with Gasteiger partial charge in [-0.25, -0.2) is 0 Å². The third-order valence-corrected chi connectivity index (χ3v) is 4.69. The van der Waals surface area contributed by atoms with Gasteiger partial charge in [-0.15, -0.1) is 0 Å². The summed E-state index contributed by atoms with van der Waals surface area (Å²) in [6.07, 6.45) is 1.73. The first-order chi connectivity index (χ1) is 13.7. The molecule has 1 aromatic carbocycles. The fraction of sp³-hybridized carbons (Fsp3) is 0.682. The lowest BCUT2D eigenvalue weighted by molar-refractivity contribution is -0.143. The van der Waals surface area contributed by atoms with Gasteiger partial charge >= 0.3 is 5.97 Å². The molecule has 0 aliphatic heterocycles. The minimum Gasteiger partial charge on any atom is -0.490 e. The van der Waals surface area contributed by atoms with Crippen molar-refractivity contribution in [3.63, 3.8) is 0 Å². The van der Waals surface area contributed by atoms with Crippen LogP contribution in [0.25, 0.3) is 0 Å². The third kappa shape index (κ3) is 6.70. The second-order valence-electron chi connectivity index (χ2n) is 7.16. The molecule has 7 heteroatoms. The van der Waals surface area contributed by atoms with Crippen LogP contribution in [0.4, 0.5) is 0 Å². The first-order valence-electron chi connectivity index (χ1n) is 10.5. The lowest BCUT2D eigenvalue weighted by Crippen LogP contribution is -2.46. The van der Waals surface area contributed by atoms with Gasteiger partial charge in [-0.05, 0) is 59.4 Å². The normalized spacial score (nSPS) is 14.0. The Morgan fingerprint density at radius 3 is 1.97 bits per heavy atom. The molecule has 0 fully saturated rings. The predicted octanol–water partition coefficient (Wildman–Crippen LogP) is 4.04. The standard InChI is InChI=1S/C22H37NO6/c1-7-15(14-22(6,23)21(24)25)12-16-13-17(26-8-2)19(28-10-4)20(29-11-5)18(16)27-9-3/h13,15H,7-12,14,23H2,1-6H3,(H,24,25). The topological polar surface area (TPSA) is 100 Å². The highest BCUT2D eigenvalue weighted by Crippen LogP contribution is 2.48. The van der Waals surface area contributed by atoms with Crippen molar-refractivity contribution in [2.75, 3.05) is 26.4 Å². The highest BCUT2D eigenvalue weighted by atomic mass is 16.6. The van der Waals surface area contributed by atoms with E-state index in [1.165, 1.54) is 0 Å². The van der Waals surface area contributed by atoms with E-state index in [-0.39, 0.29) is 5.92 Å². The van der Waals surface area contributed by atoms with E-state index in [4.69, 9.17) is 24.7 Å². The number of ether oxygens (including phenoxy) is 4. The van der Waals surface area contributed by atoms with Gasteiger partial charge in [0.2, 0.25) is 11.5 Å². The molecule has 166 valence electrons. The van der Waals surface area contributed by atoms with Gasteiger partial charge < -0.3 is 29.8 Å². The van der Waals surface area contributed by atoms with Crippen LogP contribution in [0.2, 0.25) is 0 Å². The van der Waals surface area contributed by atoms with Crippen molar-refractivity contribution in [3.8, 4) is 23.0 Å². The largest absolute Gasteiger partial charge is 0.490 e. The number of nitrogens with two attached hydrogens (primary N) is 1. The quantitative estimate of drug-likeness (QED) is 0.476. The molecule has 0 radical (unpaired) electrons. The monoisotopic (exact) mass is 411 g/mol. The Balaban J connectivity index is 3.46. The lowest BCUT2D eigenvalue weighted by Gasteiger charge is -2.27. The molecule has 0 heterocycles. The highest BCUT2D eigenvalue weighted by Gasteiger charge is 2.32. The Morgan fingerprint density at radius 2 is 1.48 bits per heavy atom. The van der Waals surface area contributed by atoms with Crippen LogP contribution in [0.3, 0.4) is 0 Å². The molecule has 7 nitrogen and oxygen atoms in total. The Bertz CT molecular complexity index is 659. The van der Waals surface area contributed by atoms with Crippen LogP contribution in [-0.2, 0) is 11.2 Å². The fourth-order valence-electron chi connectivity index (χ4n) is 3.28. The van der Waals surface area contributed by atoms with Crippen molar-refractivity contribution in [2.24, 2.45) is 11.7 Å². The number of hydrogen-bond acceptors (Lipinski definition) is 6. The molecule has 2 atom stereocenters. The fourth-order valence-corrected chi connectivity index (χ4v) is 3.28. The summed E-state index contributed by atoms with van der Waals surface area (Å²) in [4.78, 5) is 11.5. The van der Waals surface area contributed by atoms with Crippen LogP contribution >= 0.6 is 0 Å². The summed E-state index contributed by atoms with van der Waals surface area (Å²) in [7, 11) is 0. The van der Waals surface area contributed by atoms with Crippen LogP contribution < -0.4 is 24.7 Å². The van der Waals surface area contributed by atoms with Gasteiger partial charge in [0.15, 0.2) is 11.5 Å².